The lowest BCUT2D eigenvalue weighted by Crippen LogP contribution is -2.33. The van der Waals surface area contributed by atoms with Crippen LogP contribution in [0.5, 0.6) is 0 Å². The molecule has 2 fully saturated rings. The molecule has 2 heteroatoms. The summed E-state index contributed by atoms with van der Waals surface area (Å²) in [4.78, 5) is 14.8. The average Bonchev–Trinajstić information content (AvgIpc) is 2.93. The van der Waals surface area contributed by atoms with E-state index in [-0.39, 0.29) is 5.78 Å². The largest absolute Gasteiger partial charge is 0.303 e. The Labute approximate surface area is 144 Å². The van der Waals surface area contributed by atoms with Gasteiger partial charge in [-0.2, -0.15) is 0 Å². The first kappa shape index (κ1) is 15.6. The zero-order valence-corrected chi connectivity index (χ0v) is 14.1. The Hall–Kier alpha value is -1.93. The number of rotatable bonds is 6. The number of hydrogen-bond donors (Lipinski definition) is 0. The Morgan fingerprint density at radius 2 is 1.67 bits per heavy atom. The van der Waals surface area contributed by atoms with Crippen LogP contribution in [0, 0.1) is 11.8 Å². The van der Waals surface area contributed by atoms with E-state index in [9.17, 15) is 4.79 Å². The van der Waals surface area contributed by atoms with Crippen LogP contribution in [-0.2, 0) is 0 Å². The molecular weight excluding hydrogens is 294 g/mol. The van der Waals surface area contributed by atoms with Crippen molar-refractivity contribution in [2.24, 2.45) is 11.8 Å². The second-order valence-electron chi connectivity index (χ2n) is 7.33. The summed E-state index contributed by atoms with van der Waals surface area (Å²) >= 11 is 0. The molecule has 1 heterocycles. The third kappa shape index (κ3) is 3.16. The van der Waals surface area contributed by atoms with Crippen LogP contribution in [0.3, 0.4) is 0 Å². The first-order valence-electron chi connectivity index (χ1n) is 9.17. The summed E-state index contributed by atoms with van der Waals surface area (Å²) in [5.74, 6) is 2.74. The normalized spacial score (nSPS) is 25.9. The molecule has 124 valence electrons. The summed E-state index contributed by atoms with van der Waals surface area (Å²) in [5.41, 5.74) is 2.36. The SMILES string of the molecule is O=C(CCCN1CC2CC(c3ccccc3)C2C1)c1ccccc1. The van der Waals surface area contributed by atoms with Gasteiger partial charge in [0, 0.05) is 25.1 Å². The number of Topliss-reactive ketones (excluding diaryl/α,β-unsaturated/α-hetero) is 1. The van der Waals surface area contributed by atoms with Gasteiger partial charge in [-0.25, -0.2) is 0 Å². The van der Waals surface area contributed by atoms with Crippen LogP contribution in [0.4, 0.5) is 0 Å². The molecule has 2 aliphatic rings. The number of benzene rings is 2. The summed E-state index contributed by atoms with van der Waals surface area (Å²) in [6, 6.07) is 20.7. The molecule has 0 bridgehead atoms. The second kappa shape index (κ2) is 6.90. The van der Waals surface area contributed by atoms with Gasteiger partial charge in [-0.15, -0.1) is 0 Å². The molecule has 0 N–H and O–H groups in total. The monoisotopic (exact) mass is 319 g/mol. The van der Waals surface area contributed by atoms with Crippen molar-refractivity contribution >= 4 is 5.78 Å². The van der Waals surface area contributed by atoms with Crippen molar-refractivity contribution in [1.29, 1.82) is 0 Å². The number of fused-ring (bicyclic) bond motifs is 1. The standard InChI is InChI=1S/C22H25NO/c24-22(18-10-5-2-6-11-18)12-7-13-23-15-19-14-20(21(19)16-23)17-8-3-1-4-9-17/h1-6,8-11,19-21H,7,12-16H2. The number of ketones is 1. The van der Waals surface area contributed by atoms with Gasteiger partial charge >= 0.3 is 0 Å². The van der Waals surface area contributed by atoms with Gasteiger partial charge in [0.05, 0.1) is 0 Å². The van der Waals surface area contributed by atoms with Crippen LogP contribution in [0.15, 0.2) is 60.7 Å². The van der Waals surface area contributed by atoms with Crippen LogP contribution in [0.1, 0.15) is 41.1 Å². The Bertz CT molecular complexity index is 682. The number of carbonyl (C=O) groups is 1. The molecule has 24 heavy (non-hydrogen) atoms. The number of carbonyl (C=O) groups excluding carboxylic acids is 1. The Morgan fingerprint density at radius 1 is 0.958 bits per heavy atom. The molecule has 0 spiro atoms. The Morgan fingerprint density at radius 3 is 2.42 bits per heavy atom. The fraction of sp³-hybridized carbons (Fsp3) is 0.409. The minimum absolute atomic E-state index is 0.278. The molecule has 1 aliphatic carbocycles. The van der Waals surface area contributed by atoms with Crippen molar-refractivity contribution in [1.82, 2.24) is 4.90 Å². The lowest BCUT2D eigenvalue weighted by molar-refractivity contribution is 0.0976. The molecule has 2 aromatic rings. The highest BCUT2D eigenvalue weighted by molar-refractivity contribution is 5.95. The van der Waals surface area contributed by atoms with E-state index in [0.717, 1.165) is 36.3 Å². The first-order valence-corrected chi connectivity index (χ1v) is 9.17. The predicted octanol–water partition coefficient (Wildman–Crippen LogP) is 4.39. The van der Waals surface area contributed by atoms with Gasteiger partial charge in [-0.05, 0) is 42.7 Å². The summed E-state index contributed by atoms with van der Waals surface area (Å²) in [6.07, 6.45) is 2.98. The highest BCUT2D eigenvalue weighted by Crippen LogP contribution is 2.51. The number of hydrogen-bond acceptors (Lipinski definition) is 2. The molecular formula is C22H25NO. The molecule has 1 saturated carbocycles. The lowest BCUT2D eigenvalue weighted by atomic mass is 9.64. The van der Waals surface area contributed by atoms with Crippen LogP contribution in [-0.4, -0.2) is 30.3 Å². The van der Waals surface area contributed by atoms with Gasteiger partial charge in [0.25, 0.3) is 0 Å². The second-order valence-corrected chi connectivity index (χ2v) is 7.33. The molecule has 0 aromatic heterocycles. The number of likely N-dealkylation sites (tertiary alicyclic amines) is 1. The third-order valence-electron chi connectivity index (χ3n) is 5.84. The van der Waals surface area contributed by atoms with Gasteiger partial charge in [0.2, 0.25) is 0 Å². The molecule has 3 unspecified atom stereocenters. The zero-order chi connectivity index (χ0) is 16.4. The molecule has 4 rings (SSSR count). The zero-order valence-electron chi connectivity index (χ0n) is 14.1. The maximum atomic E-state index is 12.2. The van der Waals surface area contributed by atoms with Crippen LogP contribution in [0.2, 0.25) is 0 Å². The molecule has 3 atom stereocenters. The van der Waals surface area contributed by atoms with Crippen molar-refractivity contribution in [2.75, 3.05) is 19.6 Å². The summed E-state index contributed by atoms with van der Waals surface area (Å²) in [6.45, 7) is 3.50. The van der Waals surface area contributed by atoms with Crippen molar-refractivity contribution in [3.63, 3.8) is 0 Å². The molecule has 0 amide bonds. The van der Waals surface area contributed by atoms with Crippen LogP contribution >= 0.6 is 0 Å². The summed E-state index contributed by atoms with van der Waals surface area (Å²) in [5, 5.41) is 0. The van der Waals surface area contributed by atoms with Crippen molar-refractivity contribution < 1.29 is 4.79 Å². The first-order chi connectivity index (χ1) is 11.8. The molecule has 1 aliphatic heterocycles. The van der Waals surface area contributed by atoms with E-state index in [0.29, 0.717) is 6.42 Å². The molecule has 2 aromatic carbocycles. The maximum Gasteiger partial charge on any atom is 0.162 e. The molecule has 1 saturated heterocycles. The van der Waals surface area contributed by atoms with Gasteiger partial charge in [-0.3, -0.25) is 4.79 Å². The highest BCUT2D eigenvalue weighted by Gasteiger charge is 2.46. The smallest absolute Gasteiger partial charge is 0.162 e. The molecule has 0 radical (unpaired) electrons. The van der Waals surface area contributed by atoms with Crippen LogP contribution in [0.25, 0.3) is 0 Å². The van der Waals surface area contributed by atoms with E-state index in [4.69, 9.17) is 0 Å². The van der Waals surface area contributed by atoms with Crippen molar-refractivity contribution in [3.8, 4) is 0 Å². The van der Waals surface area contributed by atoms with Crippen molar-refractivity contribution in [2.45, 2.75) is 25.2 Å². The van der Waals surface area contributed by atoms with E-state index >= 15 is 0 Å². The van der Waals surface area contributed by atoms with E-state index in [1.165, 1.54) is 25.1 Å². The van der Waals surface area contributed by atoms with Gasteiger partial charge in [0.1, 0.15) is 0 Å². The van der Waals surface area contributed by atoms with Crippen LogP contribution < -0.4 is 0 Å². The Balaban J connectivity index is 1.24. The minimum atomic E-state index is 0.278. The fourth-order valence-corrected chi connectivity index (χ4v) is 4.50. The highest BCUT2D eigenvalue weighted by atomic mass is 16.1. The topological polar surface area (TPSA) is 20.3 Å². The summed E-state index contributed by atoms with van der Waals surface area (Å²) in [7, 11) is 0. The Kier molecular flexibility index (Phi) is 4.48. The van der Waals surface area contributed by atoms with Gasteiger partial charge in [0.15, 0.2) is 5.78 Å². The third-order valence-corrected chi connectivity index (χ3v) is 5.84. The summed E-state index contributed by atoms with van der Waals surface area (Å²) < 4.78 is 0. The van der Waals surface area contributed by atoms with E-state index < -0.39 is 0 Å². The maximum absolute atomic E-state index is 12.2. The van der Waals surface area contributed by atoms with E-state index in [1.54, 1.807) is 0 Å². The van der Waals surface area contributed by atoms with Gasteiger partial charge in [-0.1, -0.05) is 60.7 Å². The average molecular weight is 319 g/mol. The van der Waals surface area contributed by atoms with Gasteiger partial charge < -0.3 is 4.90 Å². The quantitative estimate of drug-likeness (QED) is 0.736. The van der Waals surface area contributed by atoms with E-state index in [2.05, 4.69) is 35.2 Å². The number of nitrogens with zero attached hydrogens (tertiary/aromatic N) is 1. The van der Waals surface area contributed by atoms with Crippen molar-refractivity contribution in [3.05, 3.63) is 71.8 Å². The predicted molar refractivity (Wildman–Crippen MR) is 97.2 cm³/mol. The van der Waals surface area contributed by atoms with E-state index in [1.807, 2.05) is 30.3 Å². The molecule has 2 nitrogen and oxygen atoms in total. The fourth-order valence-electron chi connectivity index (χ4n) is 4.50. The lowest BCUT2D eigenvalue weighted by Gasteiger charge is -2.40. The minimum Gasteiger partial charge on any atom is -0.303 e.